The second-order valence-corrected chi connectivity index (χ2v) is 3.58. The molecule has 1 amide bonds. The van der Waals surface area contributed by atoms with Gasteiger partial charge in [0, 0.05) is 11.6 Å². The van der Waals surface area contributed by atoms with Gasteiger partial charge in [-0.05, 0) is 18.2 Å². The second kappa shape index (κ2) is 3.38. The van der Waals surface area contributed by atoms with Crippen LogP contribution >= 0.6 is 0 Å². The van der Waals surface area contributed by atoms with Crippen molar-refractivity contribution in [2.75, 3.05) is 0 Å². The number of benzene rings is 1. The molecule has 3 nitrogen and oxygen atoms in total. The Balaban J connectivity index is 2.11. The van der Waals surface area contributed by atoms with Crippen LogP contribution in [0.2, 0.25) is 0 Å². The van der Waals surface area contributed by atoms with E-state index >= 15 is 0 Å². The van der Waals surface area contributed by atoms with Crippen LogP contribution in [0, 0.1) is 0 Å². The molecule has 0 atom stereocenters. The van der Waals surface area contributed by atoms with Gasteiger partial charge in [0.2, 0.25) is 5.91 Å². The van der Waals surface area contributed by atoms with E-state index in [0.29, 0.717) is 11.5 Å². The molecule has 0 bridgehead atoms. The highest BCUT2D eigenvalue weighted by Crippen LogP contribution is 2.30. The van der Waals surface area contributed by atoms with Crippen molar-refractivity contribution in [1.82, 2.24) is 5.32 Å². The average Bonchev–Trinajstić information content (AvgIpc) is 2.46. The van der Waals surface area contributed by atoms with Crippen molar-refractivity contribution in [2.24, 2.45) is 0 Å². The number of carbonyl (C=O) groups excluding carboxylic acids is 1. The molecule has 3 heteroatoms. The maximum Gasteiger partial charge on any atom is 0.248 e. The third kappa shape index (κ3) is 1.42. The minimum absolute atomic E-state index is 0.138. The number of amides is 1. The molecular weight excluding hydrogens is 202 g/mol. The highest BCUT2D eigenvalue weighted by atomic mass is 16.5. The van der Waals surface area contributed by atoms with Gasteiger partial charge < -0.3 is 10.1 Å². The van der Waals surface area contributed by atoms with E-state index in [2.05, 4.69) is 5.32 Å². The highest BCUT2D eigenvalue weighted by molar-refractivity contribution is 5.91. The Bertz CT molecular complexity index is 553. The molecule has 3 rings (SSSR count). The maximum atomic E-state index is 11.3. The van der Waals surface area contributed by atoms with Gasteiger partial charge in [-0.2, -0.15) is 0 Å². The summed E-state index contributed by atoms with van der Waals surface area (Å²) < 4.78 is 5.69. The lowest BCUT2D eigenvalue weighted by Gasteiger charge is -2.19. The predicted molar refractivity (Wildman–Crippen MR) is 60.4 cm³/mol. The van der Waals surface area contributed by atoms with Crippen LogP contribution in [-0.4, -0.2) is 5.91 Å². The second-order valence-electron chi connectivity index (χ2n) is 3.58. The fourth-order valence-electron chi connectivity index (χ4n) is 1.71. The summed E-state index contributed by atoms with van der Waals surface area (Å²) in [7, 11) is 0. The van der Waals surface area contributed by atoms with Crippen molar-refractivity contribution in [1.29, 1.82) is 0 Å². The van der Waals surface area contributed by atoms with Gasteiger partial charge in [-0.25, -0.2) is 0 Å². The Morgan fingerprint density at radius 1 is 1.19 bits per heavy atom. The quantitative estimate of drug-likeness (QED) is 0.712. The molecule has 0 unspecified atom stereocenters. The van der Waals surface area contributed by atoms with Crippen molar-refractivity contribution >= 4 is 12.0 Å². The molecule has 0 spiro atoms. The molecule has 2 aliphatic heterocycles. The van der Waals surface area contributed by atoms with Gasteiger partial charge in [0.05, 0.1) is 5.70 Å². The monoisotopic (exact) mass is 211 g/mol. The first-order valence-corrected chi connectivity index (χ1v) is 5.01. The lowest BCUT2D eigenvalue weighted by atomic mass is 10.1. The Morgan fingerprint density at radius 2 is 2.06 bits per heavy atom. The average molecular weight is 211 g/mol. The first-order valence-electron chi connectivity index (χ1n) is 5.01. The standard InChI is InChI=1S/C13H9NO2/c15-13-7-3-6-12-10(14-13)8-9-4-1-2-5-11(9)16-12/h1-8H,(H,14,15). The lowest BCUT2D eigenvalue weighted by Crippen LogP contribution is -2.23. The van der Waals surface area contributed by atoms with Gasteiger partial charge in [-0.3, -0.25) is 4.79 Å². The molecule has 0 saturated carbocycles. The SMILES string of the molecule is O=C1C=CC=C2Oc3ccccc3C=C2N1. The first-order chi connectivity index (χ1) is 7.83. The van der Waals surface area contributed by atoms with Crippen LogP contribution in [0.25, 0.3) is 6.08 Å². The van der Waals surface area contributed by atoms with Crippen LogP contribution < -0.4 is 10.1 Å². The van der Waals surface area contributed by atoms with Gasteiger partial charge in [-0.15, -0.1) is 0 Å². The van der Waals surface area contributed by atoms with Crippen molar-refractivity contribution in [2.45, 2.75) is 0 Å². The molecule has 0 aromatic heterocycles. The fourth-order valence-corrected chi connectivity index (χ4v) is 1.71. The minimum Gasteiger partial charge on any atom is -0.455 e. The summed E-state index contributed by atoms with van der Waals surface area (Å²) in [5.74, 6) is 1.34. The third-order valence-corrected chi connectivity index (χ3v) is 2.46. The van der Waals surface area contributed by atoms with Crippen molar-refractivity contribution < 1.29 is 9.53 Å². The molecule has 78 valence electrons. The zero-order chi connectivity index (χ0) is 11.0. The van der Waals surface area contributed by atoms with Crippen LogP contribution in [0.15, 0.2) is 53.9 Å². The normalized spacial score (nSPS) is 17.1. The summed E-state index contributed by atoms with van der Waals surface area (Å²) in [6, 6.07) is 7.71. The number of ether oxygens (including phenoxy) is 1. The molecule has 1 aromatic carbocycles. The van der Waals surface area contributed by atoms with Crippen molar-refractivity contribution in [3.05, 3.63) is 59.5 Å². The van der Waals surface area contributed by atoms with E-state index in [0.717, 1.165) is 11.3 Å². The molecule has 16 heavy (non-hydrogen) atoms. The zero-order valence-corrected chi connectivity index (χ0v) is 8.44. The van der Waals surface area contributed by atoms with E-state index in [-0.39, 0.29) is 5.91 Å². The van der Waals surface area contributed by atoms with E-state index in [9.17, 15) is 4.79 Å². The maximum absolute atomic E-state index is 11.3. The number of hydrogen-bond donors (Lipinski definition) is 1. The topological polar surface area (TPSA) is 38.3 Å². The smallest absolute Gasteiger partial charge is 0.248 e. The largest absolute Gasteiger partial charge is 0.455 e. The van der Waals surface area contributed by atoms with Crippen molar-refractivity contribution in [3.63, 3.8) is 0 Å². The highest BCUT2D eigenvalue weighted by Gasteiger charge is 2.18. The number of para-hydroxylation sites is 1. The molecule has 0 fully saturated rings. The van der Waals surface area contributed by atoms with E-state index in [1.165, 1.54) is 6.08 Å². The van der Waals surface area contributed by atoms with E-state index < -0.39 is 0 Å². The summed E-state index contributed by atoms with van der Waals surface area (Å²) in [6.45, 7) is 0. The summed E-state index contributed by atoms with van der Waals surface area (Å²) in [4.78, 5) is 11.3. The molecule has 2 aliphatic rings. The summed E-state index contributed by atoms with van der Waals surface area (Å²) in [6.07, 6.45) is 6.84. The van der Waals surface area contributed by atoms with Gasteiger partial charge >= 0.3 is 0 Å². The number of nitrogens with one attached hydrogen (secondary N) is 1. The summed E-state index contributed by atoms with van der Waals surface area (Å²) in [5, 5.41) is 2.76. The molecule has 0 saturated heterocycles. The van der Waals surface area contributed by atoms with Crippen LogP contribution in [-0.2, 0) is 4.79 Å². The van der Waals surface area contributed by atoms with Gasteiger partial charge in [0.1, 0.15) is 5.75 Å². The number of hydrogen-bond acceptors (Lipinski definition) is 2. The third-order valence-electron chi connectivity index (χ3n) is 2.46. The molecule has 1 N–H and O–H groups in total. The van der Waals surface area contributed by atoms with Crippen molar-refractivity contribution in [3.8, 4) is 5.75 Å². The molecule has 0 aliphatic carbocycles. The van der Waals surface area contributed by atoms with Crippen LogP contribution in [0.5, 0.6) is 5.75 Å². The molecule has 2 heterocycles. The molecule has 1 aromatic rings. The van der Waals surface area contributed by atoms with Crippen LogP contribution in [0.1, 0.15) is 5.56 Å². The Labute approximate surface area is 92.7 Å². The first kappa shape index (κ1) is 8.97. The molecular formula is C13H9NO2. The Hall–Kier alpha value is -2.29. The van der Waals surface area contributed by atoms with E-state index in [4.69, 9.17) is 4.74 Å². The Morgan fingerprint density at radius 3 is 3.00 bits per heavy atom. The Kier molecular flexibility index (Phi) is 1.90. The minimum atomic E-state index is -0.138. The fraction of sp³-hybridized carbons (Fsp3) is 0. The molecule has 0 radical (unpaired) electrons. The van der Waals surface area contributed by atoms with Gasteiger partial charge in [-0.1, -0.05) is 24.3 Å². The van der Waals surface area contributed by atoms with Gasteiger partial charge in [0.25, 0.3) is 0 Å². The predicted octanol–water partition coefficient (Wildman–Crippen LogP) is 1.99. The van der Waals surface area contributed by atoms with Gasteiger partial charge in [0.15, 0.2) is 5.76 Å². The van der Waals surface area contributed by atoms with Crippen LogP contribution in [0.4, 0.5) is 0 Å². The zero-order valence-electron chi connectivity index (χ0n) is 8.44. The van der Waals surface area contributed by atoms with Crippen LogP contribution in [0.3, 0.4) is 0 Å². The summed E-state index contributed by atoms with van der Waals surface area (Å²) in [5.41, 5.74) is 1.67. The van der Waals surface area contributed by atoms with E-state index in [1.54, 1.807) is 12.2 Å². The van der Waals surface area contributed by atoms with E-state index in [1.807, 2.05) is 30.3 Å². The number of fused-ring (bicyclic) bond motifs is 2. The summed E-state index contributed by atoms with van der Waals surface area (Å²) >= 11 is 0. The lowest BCUT2D eigenvalue weighted by molar-refractivity contribution is -0.115. The number of rotatable bonds is 0. The number of carbonyl (C=O) groups is 1. The number of allylic oxidation sites excluding steroid dienone is 2.